The average molecular weight is 652 g/mol. The number of rotatable bonds is 7. The lowest BCUT2D eigenvalue weighted by molar-refractivity contribution is -0.160. The van der Waals surface area contributed by atoms with Crippen LogP contribution in [0.2, 0.25) is 0 Å². The third-order valence-corrected chi connectivity index (χ3v) is 9.54. The topological polar surface area (TPSA) is 118 Å². The molecule has 0 radical (unpaired) electrons. The fourth-order valence-electron chi connectivity index (χ4n) is 7.01. The fraction of sp³-hybridized carbons (Fsp3) is 0.571. The lowest BCUT2D eigenvalue weighted by atomic mass is 9.86. The van der Waals surface area contributed by atoms with Gasteiger partial charge in [0.05, 0.1) is 38.0 Å². The number of aryl methyl sites for hydroxylation is 2. The van der Waals surface area contributed by atoms with E-state index in [1.807, 2.05) is 29.5 Å². The summed E-state index contributed by atoms with van der Waals surface area (Å²) in [5.74, 6) is -1.38. The van der Waals surface area contributed by atoms with Gasteiger partial charge in [-0.3, -0.25) is 4.90 Å². The molecule has 3 aromatic rings. The number of benzene rings is 1. The van der Waals surface area contributed by atoms with Crippen molar-refractivity contribution in [3.8, 4) is 16.9 Å². The van der Waals surface area contributed by atoms with Gasteiger partial charge in [0.25, 0.3) is 0 Å². The van der Waals surface area contributed by atoms with Crippen LogP contribution in [0.1, 0.15) is 67.8 Å². The summed E-state index contributed by atoms with van der Waals surface area (Å²) in [6.07, 6.45) is 0.966. The van der Waals surface area contributed by atoms with Crippen LogP contribution in [-0.2, 0) is 34.3 Å². The molecular weight excluding hydrogens is 605 g/mol. The van der Waals surface area contributed by atoms with Crippen LogP contribution >= 0.6 is 0 Å². The molecule has 0 saturated carbocycles. The second kappa shape index (κ2) is 13.0. The molecule has 1 atom stereocenters. The highest BCUT2D eigenvalue weighted by Crippen LogP contribution is 2.44. The van der Waals surface area contributed by atoms with Crippen LogP contribution in [-0.4, -0.2) is 94.1 Å². The van der Waals surface area contributed by atoms with Crippen LogP contribution in [0.4, 0.5) is 9.18 Å². The first kappa shape index (κ1) is 33.2. The molecule has 2 aromatic heterocycles. The minimum absolute atomic E-state index is 0.135. The minimum atomic E-state index is -1.35. The summed E-state index contributed by atoms with van der Waals surface area (Å²) in [4.78, 5) is 35.3. The Labute approximate surface area is 275 Å². The van der Waals surface area contributed by atoms with Crippen LogP contribution < -0.4 is 10.1 Å². The molecule has 2 saturated heterocycles. The van der Waals surface area contributed by atoms with Crippen molar-refractivity contribution < 1.29 is 33.3 Å². The van der Waals surface area contributed by atoms with E-state index in [1.54, 1.807) is 27.7 Å². The predicted molar refractivity (Wildman–Crippen MR) is 175 cm³/mol. The second-order valence-corrected chi connectivity index (χ2v) is 13.9. The number of fused-ring (bicyclic) bond motifs is 2. The largest absolute Gasteiger partial charge is 0.490 e. The maximum atomic E-state index is 15.7. The van der Waals surface area contributed by atoms with E-state index in [9.17, 15) is 14.7 Å². The van der Waals surface area contributed by atoms with E-state index in [1.165, 1.54) is 6.07 Å². The minimum Gasteiger partial charge on any atom is -0.490 e. The number of aliphatic carboxylic acids is 1. The van der Waals surface area contributed by atoms with Gasteiger partial charge in [-0.15, -0.1) is 0 Å². The second-order valence-electron chi connectivity index (χ2n) is 13.9. The molecule has 2 fully saturated rings. The number of carboxylic acids is 1. The van der Waals surface area contributed by atoms with Gasteiger partial charge in [-0.2, -0.15) is 0 Å². The van der Waals surface area contributed by atoms with E-state index in [0.717, 1.165) is 56.0 Å². The monoisotopic (exact) mass is 651 g/mol. The van der Waals surface area contributed by atoms with Crippen molar-refractivity contribution in [3.63, 3.8) is 0 Å². The zero-order chi connectivity index (χ0) is 33.6. The van der Waals surface area contributed by atoms with Crippen molar-refractivity contribution in [1.82, 2.24) is 24.7 Å². The zero-order valence-corrected chi connectivity index (χ0v) is 28.2. The van der Waals surface area contributed by atoms with Crippen LogP contribution in [0.25, 0.3) is 22.2 Å². The van der Waals surface area contributed by atoms with E-state index in [0.29, 0.717) is 65.6 Å². The molecule has 0 bridgehead atoms. The normalized spacial score (nSPS) is 18.3. The summed E-state index contributed by atoms with van der Waals surface area (Å²) < 4.78 is 34.8. The smallest absolute Gasteiger partial charge is 0.337 e. The van der Waals surface area contributed by atoms with Crippen molar-refractivity contribution in [3.05, 3.63) is 46.0 Å². The zero-order valence-electron chi connectivity index (χ0n) is 28.2. The molecule has 5 heterocycles. The highest BCUT2D eigenvalue weighted by Gasteiger charge is 2.35. The van der Waals surface area contributed by atoms with Gasteiger partial charge < -0.3 is 34.1 Å². The Morgan fingerprint density at radius 3 is 2.60 bits per heavy atom. The standard InChI is InChI=1S/C35H46FN5O6/c1-20-24-9-7-14-46-30(24)27(36)16-25(20)29-26-15-22(17-37-34(44)41-11-8-10-40(12-13-41)23-18-45-19-23)39(6)32(26)38-21(2)28(29)31(33(42)43)47-35(3,4)5/h15-16,23,31H,7-14,17-19H2,1-6H3,(H,37,44)(H,42,43)/t31-/m0/s1. The summed E-state index contributed by atoms with van der Waals surface area (Å²) in [6, 6.07) is 3.67. The number of hydrogen-bond acceptors (Lipinski definition) is 7. The Hall–Kier alpha value is -3.74. The SMILES string of the molecule is Cc1nc2c(cc(CNC(=O)N3CCCN(C4COC4)CC3)n2C)c(-c2cc(F)c3c(c2C)CCCO3)c1[C@H](OC(C)(C)C)C(=O)O. The highest BCUT2D eigenvalue weighted by molar-refractivity contribution is 5.99. The van der Waals surface area contributed by atoms with Crippen molar-refractivity contribution in [2.75, 3.05) is 46.0 Å². The number of pyridine rings is 1. The number of amides is 2. The number of nitrogens with zero attached hydrogens (tertiary/aromatic N) is 4. The number of hydrogen-bond donors (Lipinski definition) is 2. The van der Waals surface area contributed by atoms with Crippen LogP contribution in [0.15, 0.2) is 12.1 Å². The molecule has 0 spiro atoms. The van der Waals surface area contributed by atoms with Gasteiger partial charge >= 0.3 is 12.0 Å². The molecule has 6 rings (SSSR count). The number of halogens is 1. The number of carbonyl (C=O) groups is 2. The quantitative estimate of drug-likeness (QED) is 0.372. The van der Waals surface area contributed by atoms with Crippen LogP contribution in [0.5, 0.6) is 5.75 Å². The maximum absolute atomic E-state index is 15.7. The van der Waals surface area contributed by atoms with Gasteiger partial charge in [-0.25, -0.2) is 19.0 Å². The molecule has 47 heavy (non-hydrogen) atoms. The summed E-state index contributed by atoms with van der Waals surface area (Å²) in [6.45, 7) is 14.4. The molecule has 0 unspecified atom stereocenters. The van der Waals surface area contributed by atoms with Crippen molar-refractivity contribution in [2.45, 2.75) is 78.2 Å². The Morgan fingerprint density at radius 1 is 1.15 bits per heavy atom. The Morgan fingerprint density at radius 2 is 1.91 bits per heavy atom. The Bertz CT molecular complexity index is 1690. The number of urea groups is 1. The van der Waals surface area contributed by atoms with Gasteiger partial charge in [0.15, 0.2) is 17.7 Å². The molecule has 12 heteroatoms. The predicted octanol–water partition coefficient (Wildman–Crippen LogP) is 4.88. The fourth-order valence-corrected chi connectivity index (χ4v) is 7.01. The van der Waals surface area contributed by atoms with Gasteiger partial charge in [0.1, 0.15) is 5.65 Å². The van der Waals surface area contributed by atoms with Gasteiger partial charge in [0.2, 0.25) is 0 Å². The first-order chi connectivity index (χ1) is 22.3. The lowest BCUT2D eigenvalue weighted by Crippen LogP contribution is -2.50. The molecule has 2 amide bonds. The van der Waals surface area contributed by atoms with Gasteiger partial charge in [0, 0.05) is 66.7 Å². The van der Waals surface area contributed by atoms with Crippen molar-refractivity contribution in [2.24, 2.45) is 7.05 Å². The van der Waals surface area contributed by atoms with Crippen LogP contribution in [0, 0.1) is 19.7 Å². The van der Waals surface area contributed by atoms with E-state index >= 15 is 4.39 Å². The average Bonchev–Trinajstić information content (AvgIpc) is 3.13. The number of nitrogens with one attached hydrogen (secondary N) is 1. The van der Waals surface area contributed by atoms with E-state index in [4.69, 9.17) is 19.2 Å². The van der Waals surface area contributed by atoms with Crippen molar-refractivity contribution in [1.29, 1.82) is 0 Å². The van der Waals surface area contributed by atoms with Crippen LogP contribution in [0.3, 0.4) is 0 Å². The molecule has 11 nitrogen and oxygen atoms in total. The van der Waals surface area contributed by atoms with Gasteiger partial charge in [-0.05, 0) is 77.1 Å². The molecule has 1 aromatic carbocycles. The molecular formula is C35H46FN5O6. The first-order valence-corrected chi connectivity index (χ1v) is 16.5. The number of aromatic nitrogens is 2. The highest BCUT2D eigenvalue weighted by atomic mass is 19.1. The van der Waals surface area contributed by atoms with E-state index in [2.05, 4.69) is 10.2 Å². The molecule has 3 aliphatic heterocycles. The number of carbonyl (C=O) groups excluding carboxylic acids is 1. The van der Waals surface area contributed by atoms with Gasteiger partial charge in [-0.1, -0.05) is 0 Å². The molecule has 254 valence electrons. The van der Waals surface area contributed by atoms with E-state index < -0.39 is 23.5 Å². The third kappa shape index (κ3) is 6.55. The summed E-state index contributed by atoms with van der Waals surface area (Å²) in [5.41, 5.74) is 4.21. The molecule has 2 N–H and O–H groups in total. The van der Waals surface area contributed by atoms with E-state index in [-0.39, 0.29) is 18.3 Å². The molecule has 3 aliphatic rings. The summed E-state index contributed by atoms with van der Waals surface area (Å²) in [7, 11) is 1.87. The first-order valence-electron chi connectivity index (χ1n) is 16.5. The number of ether oxygens (including phenoxy) is 3. The summed E-state index contributed by atoms with van der Waals surface area (Å²) in [5, 5.41) is 14.2. The lowest BCUT2D eigenvalue weighted by Gasteiger charge is -2.36. The Balaban J connectivity index is 1.40. The summed E-state index contributed by atoms with van der Waals surface area (Å²) >= 11 is 0. The van der Waals surface area contributed by atoms with Crippen molar-refractivity contribution >= 4 is 23.0 Å². The third-order valence-electron chi connectivity index (χ3n) is 9.54. The molecule has 0 aliphatic carbocycles. The Kier molecular flexibility index (Phi) is 9.21. The number of carboxylic acid groups (broad SMARTS) is 1. The maximum Gasteiger partial charge on any atom is 0.337 e.